The van der Waals surface area contributed by atoms with Gasteiger partial charge in [-0.25, -0.2) is 18.1 Å². The summed E-state index contributed by atoms with van der Waals surface area (Å²) in [6, 6.07) is 8.64. The van der Waals surface area contributed by atoms with E-state index in [1.807, 2.05) is 20.8 Å². The van der Waals surface area contributed by atoms with E-state index < -0.39 is 33.1 Å². The van der Waals surface area contributed by atoms with Crippen LogP contribution in [0.1, 0.15) is 57.5 Å². The van der Waals surface area contributed by atoms with Crippen molar-refractivity contribution in [3.05, 3.63) is 53.3 Å². The molecule has 8 heteroatoms. The first-order valence-corrected chi connectivity index (χ1v) is 10.7. The molecular formula is C22H29FN2O4S. The van der Waals surface area contributed by atoms with Gasteiger partial charge in [0, 0.05) is 12.1 Å². The molecule has 1 atom stereocenters. The van der Waals surface area contributed by atoms with E-state index in [-0.39, 0.29) is 12.2 Å². The topological polar surface area (TPSA) is 90.6 Å². The van der Waals surface area contributed by atoms with E-state index in [2.05, 4.69) is 4.72 Å². The van der Waals surface area contributed by atoms with Crippen molar-refractivity contribution in [2.45, 2.75) is 58.4 Å². The molecule has 2 aromatic rings. The number of halogens is 1. The minimum atomic E-state index is -1.32. The molecule has 164 valence electrons. The van der Waals surface area contributed by atoms with Crippen molar-refractivity contribution in [3.8, 4) is 11.5 Å². The van der Waals surface area contributed by atoms with Gasteiger partial charge in [-0.2, -0.15) is 0 Å². The number of anilines is 1. The molecule has 0 spiro atoms. The lowest BCUT2D eigenvalue weighted by Gasteiger charge is -2.20. The van der Waals surface area contributed by atoms with E-state index in [1.165, 1.54) is 24.3 Å². The van der Waals surface area contributed by atoms with Crippen LogP contribution in [-0.2, 0) is 22.3 Å². The summed E-state index contributed by atoms with van der Waals surface area (Å²) < 4.78 is 39.6. The molecule has 0 aliphatic heterocycles. The molecule has 0 saturated carbocycles. The molecule has 6 nitrogen and oxygen atoms in total. The number of carbonyl (C=O) groups excluding carboxylic acids is 1. The maximum absolute atomic E-state index is 13.8. The maximum atomic E-state index is 13.8. The molecule has 1 unspecified atom stereocenters. The van der Waals surface area contributed by atoms with Crippen LogP contribution in [0.2, 0.25) is 0 Å². The van der Waals surface area contributed by atoms with Gasteiger partial charge in [-0.05, 0) is 77.9 Å². The van der Waals surface area contributed by atoms with E-state index in [0.29, 0.717) is 22.6 Å². The van der Waals surface area contributed by atoms with Crippen LogP contribution < -0.4 is 15.2 Å². The Morgan fingerprint density at radius 1 is 1.07 bits per heavy atom. The van der Waals surface area contributed by atoms with Gasteiger partial charge in [0.2, 0.25) is 0 Å². The number of esters is 1. The monoisotopic (exact) mass is 436 g/mol. The van der Waals surface area contributed by atoms with Crippen LogP contribution in [0.4, 0.5) is 10.1 Å². The van der Waals surface area contributed by atoms with E-state index in [0.717, 1.165) is 0 Å². The average Bonchev–Trinajstić information content (AvgIpc) is 2.60. The third-order valence-electron chi connectivity index (χ3n) is 3.84. The van der Waals surface area contributed by atoms with Crippen molar-refractivity contribution in [1.29, 1.82) is 0 Å². The number of nitrogens with two attached hydrogens (primary N) is 1. The van der Waals surface area contributed by atoms with Crippen molar-refractivity contribution < 1.29 is 22.9 Å². The molecule has 30 heavy (non-hydrogen) atoms. The zero-order chi connectivity index (χ0) is 22.7. The van der Waals surface area contributed by atoms with Gasteiger partial charge in [0.1, 0.15) is 22.9 Å². The highest BCUT2D eigenvalue weighted by Crippen LogP contribution is 2.31. The van der Waals surface area contributed by atoms with E-state index in [4.69, 9.17) is 15.2 Å². The third-order valence-corrected chi connectivity index (χ3v) is 5.36. The number of nitrogens with one attached hydrogen (secondary N) is 1. The standard InChI is InChI=1S/C22H29FN2O4S/c1-21(2,3)29-20(26)14-7-9-19(17(24)12-14)28-18-10-8-16(23)11-15(18)13-25-30(27)22(4,5)6/h7-12,25H,13,24H2,1-6H3. The highest BCUT2D eigenvalue weighted by atomic mass is 32.2. The van der Waals surface area contributed by atoms with E-state index >= 15 is 0 Å². The van der Waals surface area contributed by atoms with Gasteiger partial charge in [-0.1, -0.05) is 0 Å². The summed E-state index contributed by atoms with van der Waals surface area (Å²) in [5, 5.41) is 0. The lowest BCUT2D eigenvalue weighted by atomic mass is 10.1. The van der Waals surface area contributed by atoms with Crippen molar-refractivity contribution in [2.24, 2.45) is 0 Å². The number of hydrogen-bond donors (Lipinski definition) is 2. The first-order valence-electron chi connectivity index (χ1n) is 9.51. The van der Waals surface area contributed by atoms with E-state index in [1.54, 1.807) is 32.9 Å². The maximum Gasteiger partial charge on any atom is 0.338 e. The molecule has 0 amide bonds. The summed E-state index contributed by atoms with van der Waals surface area (Å²) in [6.45, 7) is 11.0. The van der Waals surface area contributed by atoms with Gasteiger partial charge in [0.05, 0.1) is 27.0 Å². The minimum Gasteiger partial charge on any atom is -0.456 e. The van der Waals surface area contributed by atoms with Crippen molar-refractivity contribution in [3.63, 3.8) is 0 Å². The molecule has 3 N–H and O–H groups in total. The van der Waals surface area contributed by atoms with Crippen LogP contribution >= 0.6 is 0 Å². The molecule has 0 radical (unpaired) electrons. The number of ether oxygens (including phenoxy) is 2. The number of carbonyl (C=O) groups is 1. The Bertz CT molecular complexity index is 949. The molecule has 0 aromatic heterocycles. The first kappa shape index (κ1) is 23.8. The molecule has 2 rings (SSSR count). The molecule has 0 fully saturated rings. The molecule has 0 aliphatic rings. The summed E-state index contributed by atoms with van der Waals surface area (Å²) >= 11 is 0. The molecule has 0 aliphatic carbocycles. The number of nitrogen functional groups attached to an aromatic ring is 1. The number of hydrogen-bond acceptors (Lipinski definition) is 5. The van der Waals surface area contributed by atoms with Crippen LogP contribution in [0.25, 0.3) is 0 Å². The predicted molar refractivity (Wildman–Crippen MR) is 117 cm³/mol. The Morgan fingerprint density at radius 3 is 2.27 bits per heavy atom. The minimum absolute atomic E-state index is 0.146. The second kappa shape index (κ2) is 9.14. The highest BCUT2D eigenvalue weighted by Gasteiger charge is 2.21. The lowest BCUT2D eigenvalue weighted by Crippen LogP contribution is -2.32. The van der Waals surface area contributed by atoms with Crippen LogP contribution in [0.3, 0.4) is 0 Å². The smallest absolute Gasteiger partial charge is 0.338 e. The van der Waals surface area contributed by atoms with Crippen LogP contribution in [0.15, 0.2) is 36.4 Å². The summed E-state index contributed by atoms with van der Waals surface area (Å²) in [7, 11) is -1.32. The molecule has 0 saturated heterocycles. The second-order valence-corrected chi connectivity index (χ2v) is 10.9. The van der Waals surface area contributed by atoms with Gasteiger partial charge < -0.3 is 15.2 Å². The zero-order valence-electron chi connectivity index (χ0n) is 18.2. The number of benzene rings is 2. The SMILES string of the molecule is CC(C)(C)OC(=O)c1ccc(Oc2ccc(F)cc2CNS(=O)C(C)(C)C)c(N)c1. The Balaban J connectivity index is 2.22. The fraction of sp³-hybridized carbons (Fsp3) is 0.409. The molecular weight excluding hydrogens is 407 g/mol. The second-order valence-electron chi connectivity index (χ2n) is 8.81. The van der Waals surface area contributed by atoms with Crippen LogP contribution in [-0.4, -0.2) is 20.5 Å². The molecule has 2 aromatic carbocycles. The summed E-state index contributed by atoms with van der Waals surface area (Å²) in [5.41, 5.74) is 6.47. The summed E-state index contributed by atoms with van der Waals surface area (Å²) in [4.78, 5) is 12.2. The quantitative estimate of drug-likeness (QED) is 0.506. The van der Waals surface area contributed by atoms with Crippen molar-refractivity contribution in [1.82, 2.24) is 4.72 Å². The lowest BCUT2D eigenvalue weighted by molar-refractivity contribution is 0.00695. The normalized spacial score (nSPS) is 13.0. The summed E-state index contributed by atoms with van der Waals surface area (Å²) in [6.07, 6.45) is 0. The first-order chi connectivity index (χ1) is 13.8. The van der Waals surface area contributed by atoms with Crippen LogP contribution in [0, 0.1) is 5.82 Å². The third kappa shape index (κ3) is 6.81. The van der Waals surface area contributed by atoms with E-state index in [9.17, 15) is 13.4 Å². The molecule has 0 heterocycles. The Morgan fingerprint density at radius 2 is 1.70 bits per heavy atom. The Hall–Kier alpha value is -2.45. The van der Waals surface area contributed by atoms with Crippen molar-refractivity contribution in [2.75, 3.05) is 5.73 Å². The number of rotatable bonds is 6. The predicted octanol–water partition coefficient (Wildman–Crippen LogP) is 4.71. The fourth-order valence-corrected chi connectivity index (χ4v) is 3.09. The van der Waals surface area contributed by atoms with Gasteiger partial charge in [0.25, 0.3) is 0 Å². The van der Waals surface area contributed by atoms with Gasteiger partial charge in [-0.15, -0.1) is 0 Å². The van der Waals surface area contributed by atoms with Gasteiger partial charge >= 0.3 is 5.97 Å². The fourth-order valence-electron chi connectivity index (χ4n) is 2.37. The Kier molecular flexibility index (Phi) is 7.26. The zero-order valence-corrected chi connectivity index (χ0v) is 19.0. The van der Waals surface area contributed by atoms with Crippen LogP contribution in [0.5, 0.6) is 11.5 Å². The summed E-state index contributed by atoms with van der Waals surface area (Å²) in [5.74, 6) is -0.246. The Labute approximate surface area is 179 Å². The average molecular weight is 437 g/mol. The largest absolute Gasteiger partial charge is 0.456 e. The van der Waals surface area contributed by atoms with Gasteiger partial charge in [-0.3, -0.25) is 0 Å². The molecule has 0 bridgehead atoms. The van der Waals surface area contributed by atoms with Gasteiger partial charge in [0.15, 0.2) is 0 Å². The highest BCUT2D eigenvalue weighted by molar-refractivity contribution is 7.84. The van der Waals surface area contributed by atoms with Crippen molar-refractivity contribution >= 4 is 22.6 Å².